The SMILES string of the molecule is O=C(NCC1CCCCC1)[C@]1(C/C=C/c2ccccc2)N=C(c2ccc(OCCCO)cc2)O[C@@H]1c1ccccc1. The molecule has 1 heterocycles. The summed E-state index contributed by atoms with van der Waals surface area (Å²) in [7, 11) is 0. The van der Waals surface area contributed by atoms with Crippen LogP contribution in [0, 0.1) is 5.92 Å². The molecule has 214 valence electrons. The van der Waals surface area contributed by atoms with Gasteiger partial charge >= 0.3 is 0 Å². The van der Waals surface area contributed by atoms with Gasteiger partial charge in [-0.3, -0.25) is 4.79 Å². The minimum absolute atomic E-state index is 0.0905. The molecule has 3 aromatic rings. The van der Waals surface area contributed by atoms with Crippen molar-refractivity contribution < 1.29 is 19.4 Å². The van der Waals surface area contributed by atoms with Crippen molar-refractivity contribution in [2.45, 2.75) is 56.6 Å². The zero-order chi connectivity index (χ0) is 28.3. The van der Waals surface area contributed by atoms with Gasteiger partial charge in [-0.15, -0.1) is 0 Å². The highest BCUT2D eigenvalue weighted by Gasteiger charge is 2.52. The molecular weight excluding hydrogens is 512 g/mol. The van der Waals surface area contributed by atoms with Crippen LogP contribution in [0.1, 0.15) is 67.7 Å². The molecule has 0 bridgehead atoms. The van der Waals surface area contributed by atoms with E-state index in [0.29, 0.717) is 43.6 Å². The number of nitrogens with one attached hydrogen (secondary N) is 1. The van der Waals surface area contributed by atoms with E-state index >= 15 is 0 Å². The van der Waals surface area contributed by atoms with Crippen molar-refractivity contribution in [1.29, 1.82) is 0 Å². The average Bonchev–Trinajstić information content (AvgIpc) is 3.42. The van der Waals surface area contributed by atoms with Crippen LogP contribution in [0.2, 0.25) is 0 Å². The number of ether oxygens (including phenoxy) is 2. The fraction of sp³-hybridized carbons (Fsp3) is 0.371. The fourth-order valence-corrected chi connectivity index (χ4v) is 5.66. The molecule has 3 aromatic carbocycles. The molecule has 1 aliphatic heterocycles. The van der Waals surface area contributed by atoms with Crippen LogP contribution in [0.3, 0.4) is 0 Å². The standard InChI is InChI=1S/C35H40N2O4/c38-24-11-25-40-31-21-19-30(20-22-31)33-37-35(23-10-16-27-12-4-1-5-13-27,32(41-33)29-17-8-3-9-18-29)34(39)36-26-28-14-6-2-7-15-28/h1,3-5,8-10,12-13,16-22,28,32,38H,2,6-7,11,14-15,23-26H2,(H,36,39)/b16-10+/t32-,35-/m1/s1. The van der Waals surface area contributed by atoms with Crippen LogP contribution in [0.4, 0.5) is 0 Å². The van der Waals surface area contributed by atoms with Crippen LogP contribution in [-0.4, -0.2) is 42.2 Å². The first-order chi connectivity index (χ1) is 20.2. The minimum atomic E-state index is -1.16. The molecule has 6 heteroatoms. The number of rotatable bonds is 12. The van der Waals surface area contributed by atoms with E-state index in [1.54, 1.807) is 0 Å². The predicted octanol–water partition coefficient (Wildman–Crippen LogP) is 6.50. The molecule has 0 saturated heterocycles. The summed E-state index contributed by atoms with van der Waals surface area (Å²) in [6.07, 6.45) is 10.5. The van der Waals surface area contributed by atoms with Crippen molar-refractivity contribution in [3.05, 3.63) is 108 Å². The average molecular weight is 553 g/mol. The predicted molar refractivity (Wildman–Crippen MR) is 163 cm³/mol. The maximum absolute atomic E-state index is 14.2. The number of aliphatic imine (C=N–C) groups is 1. The Bertz CT molecular complexity index is 1300. The van der Waals surface area contributed by atoms with Gasteiger partial charge in [0.05, 0.1) is 6.61 Å². The number of aliphatic hydroxyl groups excluding tert-OH is 1. The van der Waals surface area contributed by atoms with Crippen LogP contribution in [0.5, 0.6) is 5.75 Å². The second-order valence-electron chi connectivity index (χ2n) is 10.9. The van der Waals surface area contributed by atoms with E-state index in [1.807, 2.05) is 97.1 Å². The first-order valence-corrected chi connectivity index (χ1v) is 14.8. The third-order valence-electron chi connectivity index (χ3n) is 7.95. The maximum atomic E-state index is 14.2. The van der Waals surface area contributed by atoms with E-state index in [1.165, 1.54) is 19.3 Å². The highest BCUT2D eigenvalue weighted by molar-refractivity contribution is 6.01. The van der Waals surface area contributed by atoms with Crippen molar-refractivity contribution in [3.8, 4) is 5.75 Å². The van der Waals surface area contributed by atoms with Crippen molar-refractivity contribution in [3.63, 3.8) is 0 Å². The Labute approximate surface area is 243 Å². The Morgan fingerprint density at radius 1 is 0.976 bits per heavy atom. The van der Waals surface area contributed by atoms with Crippen molar-refractivity contribution in [2.24, 2.45) is 10.9 Å². The van der Waals surface area contributed by atoms with Gasteiger partial charge in [0.1, 0.15) is 5.75 Å². The molecule has 0 spiro atoms. The van der Waals surface area contributed by atoms with Crippen LogP contribution in [0.15, 0.2) is 96.0 Å². The third kappa shape index (κ3) is 7.25. The molecule has 41 heavy (non-hydrogen) atoms. The van der Waals surface area contributed by atoms with Gasteiger partial charge in [-0.25, -0.2) is 4.99 Å². The number of aliphatic hydroxyl groups is 1. The Balaban J connectivity index is 1.47. The number of nitrogens with zero attached hydrogens (tertiary/aromatic N) is 1. The lowest BCUT2D eigenvalue weighted by atomic mass is 9.83. The lowest BCUT2D eigenvalue weighted by molar-refractivity contribution is -0.129. The van der Waals surface area contributed by atoms with E-state index < -0.39 is 11.6 Å². The topological polar surface area (TPSA) is 80.2 Å². The van der Waals surface area contributed by atoms with Crippen LogP contribution in [0.25, 0.3) is 6.08 Å². The molecule has 1 saturated carbocycles. The molecule has 1 amide bonds. The van der Waals surface area contributed by atoms with Gasteiger partial charge in [0.25, 0.3) is 5.91 Å². The molecule has 0 aromatic heterocycles. The van der Waals surface area contributed by atoms with Gasteiger partial charge < -0.3 is 19.9 Å². The molecule has 1 fully saturated rings. The van der Waals surface area contributed by atoms with E-state index in [2.05, 4.69) is 5.32 Å². The maximum Gasteiger partial charge on any atom is 0.252 e. The third-order valence-corrected chi connectivity index (χ3v) is 7.95. The summed E-state index contributed by atoms with van der Waals surface area (Å²) >= 11 is 0. The highest BCUT2D eigenvalue weighted by atomic mass is 16.5. The van der Waals surface area contributed by atoms with Gasteiger partial charge in [0.2, 0.25) is 5.90 Å². The van der Waals surface area contributed by atoms with Gasteiger partial charge in [0, 0.05) is 31.6 Å². The lowest BCUT2D eigenvalue weighted by Gasteiger charge is -2.31. The summed E-state index contributed by atoms with van der Waals surface area (Å²) in [5.41, 5.74) is 1.61. The van der Waals surface area contributed by atoms with Crippen LogP contribution < -0.4 is 10.1 Å². The number of amides is 1. The van der Waals surface area contributed by atoms with Gasteiger partial charge in [-0.1, -0.05) is 92.1 Å². The second kappa shape index (κ2) is 14.1. The molecule has 0 unspecified atom stereocenters. The quantitative estimate of drug-likeness (QED) is 0.251. The first kappa shape index (κ1) is 28.6. The summed E-state index contributed by atoms with van der Waals surface area (Å²) in [5, 5.41) is 12.3. The van der Waals surface area contributed by atoms with Gasteiger partial charge in [-0.05, 0) is 54.2 Å². The summed E-state index contributed by atoms with van der Waals surface area (Å²) in [5.74, 6) is 1.56. The molecule has 2 atom stereocenters. The molecular formula is C35H40N2O4. The normalized spacial score (nSPS) is 20.9. The van der Waals surface area contributed by atoms with Crippen LogP contribution >= 0.6 is 0 Å². The summed E-state index contributed by atoms with van der Waals surface area (Å²) < 4.78 is 12.3. The van der Waals surface area contributed by atoms with Crippen LogP contribution in [-0.2, 0) is 9.53 Å². The zero-order valence-corrected chi connectivity index (χ0v) is 23.6. The lowest BCUT2D eigenvalue weighted by Crippen LogP contribution is -2.49. The number of carbonyl (C=O) groups excluding carboxylic acids is 1. The largest absolute Gasteiger partial charge is 0.494 e. The van der Waals surface area contributed by atoms with Crippen molar-refractivity contribution >= 4 is 17.9 Å². The molecule has 2 aliphatic rings. The van der Waals surface area contributed by atoms with E-state index in [-0.39, 0.29) is 12.5 Å². The smallest absolute Gasteiger partial charge is 0.252 e. The monoisotopic (exact) mass is 552 g/mol. The summed E-state index contributed by atoms with van der Waals surface area (Å²) in [6.45, 7) is 1.20. The second-order valence-corrected chi connectivity index (χ2v) is 10.9. The Morgan fingerprint density at radius 3 is 2.39 bits per heavy atom. The van der Waals surface area contributed by atoms with E-state index in [4.69, 9.17) is 19.6 Å². The number of hydrogen-bond acceptors (Lipinski definition) is 5. The highest BCUT2D eigenvalue weighted by Crippen LogP contribution is 2.43. The molecule has 2 N–H and O–H groups in total. The minimum Gasteiger partial charge on any atom is -0.494 e. The van der Waals surface area contributed by atoms with Gasteiger partial charge in [-0.2, -0.15) is 0 Å². The number of benzene rings is 3. The van der Waals surface area contributed by atoms with Gasteiger partial charge in [0.15, 0.2) is 11.6 Å². The summed E-state index contributed by atoms with van der Waals surface area (Å²) in [4.78, 5) is 19.3. The molecule has 0 radical (unpaired) electrons. The Morgan fingerprint density at radius 2 is 1.68 bits per heavy atom. The zero-order valence-electron chi connectivity index (χ0n) is 23.6. The van der Waals surface area contributed by atoms with E-state index in [9.17, 15) is 4.79 Å². The molecule has 5 rings (SSSR count). The molecule has 6 nitrogen and oxygen atoms in total. The Kier molecular flexibility index (Phi) is 9.87. The first-order valence-electron chi connectivity index (χ1n) is 14.8. The molecule has 1 aliphatic carbocycles. The number of carbonyl (C=O) groups is 1. The van der Waals surface area contributed by atoms with Crippen molar-refractivity contribution in [1.82, 2.24) is 5.32 Å². The number of hydrogen-bond donors (Lipinski definition) is 2. The summed E-state index contributed by atoms with van der Waals surface area (Å²) in [6, 6.07) is 27.6. The van der Waals surface area contributed by atoms with E-state index in [0.717, 1.165) is 29.5 Å². The Hall–Kier alpha value is -3.90. The van der Waals surface area contributed by atoms with Crippen molar-refractivity contribution in [2.75, 3.05) is 19.8 Å². The fourth-order valence-electron chi connectivity index (χ4n) is 5.66.